The predicted octanol–water partition coefficient (Wildman–Crippen LogP) is 3.33. The first-order chi connectivity index (χ1) is 13.4. The van der Waals surface area contributed by atoms with Crippen LogP contribution < -0.4 is 20.1 Å². The molecule has 2 rings (SSSR count). The van der Waals surface area contributed by atoms with E-state index < -0.39 is 0 Å². The van der Waals surface area contributed by atoms with Crippen LogP contribution in [0.4, 0.5) is 0 Å². The van der Waals surface area contributed by atoms with Gasteiger partial charge in [-0.2, -0.15) is 0 Å². The fourth-order valence-electron chi connectivity index (χ4n) is 2.67. The molecular formula is C21H25BrN2O4. The van der Waals surface area contributed by atoms with Gasteiger partial charge < -0.3 is 20.1 Å². The summed E-state index contributed by atoms with van der Waals surface area (Å²) in [5, 5.41) is 5.52. The van der Waals surface area contributed by atoms with Crippen molar-refractivity contribution in [3.8, 4) is 11.5 Å². The molecule has 150 valence electrons. The fourth-order valence-corrected chi connectivity index (χ4v) is 2.94. The highest BCUT2D eigenvalue weighted by atomic mass is 79.9. The summed E-state index contributed by atoms with van der Waals surface area (Å²) in [6, 6.07) is 13.0. The smallest absolute Gasteiger partial charge is 0.251 e. The highest BCUT2D eigenvalue weighted by Crippen LogP contribution is 2.27. The molecule has 7 heteroatoms. The first kappa shape index (κ1) is 21.8. The standard InChI is InChI=1S/C21H25BrN2O4/c1-14(4-5-15-6-9-17(22)10-7-15)24-20(25)13-23-21(26)16-8-11-18(27-2)19(12-16)28-3/h6-12,14H,4-5,13H2,1-3H3,(H,23,26)(H,24,25). The average molecular weight is 449 g/mol. The number of ether oxygens (including phenoxy) is 2. The van der Waals surface area contributed by atoms with Crippen LogP contribution in [0.2, 0.25) is 0 Å². The molecule has 2 aromatic rings. The quantitative estimate of drug-likeness (QED) is 0.616. The Labute approximate surface area is 173 Å². The zero-order valence-corrected chi connectivity index (χ0v) is 17.8. The predicted molar refractivity (Wildman–Crippen MR) is 112 cm³/mol. The van der Waals surface area contributed by atoms with Crippen LogP contribution in [0.5, 0.6) is 11.5 Å². The van der Waals surface area contributed by atoms with Crippen LogP contribution >= 0.6 is 15.9 Å². The molecule has 1 unspecified atom stereocenters. The number of nitrogens with one attached hydrogen (secondary N) is 2. The molecule has 0 heterocycles. The van der Waals surface area contributed by atoms with Crippen LogP contribution in [0.1, 0.15) is 29.3 Å². The molecule has 0 aliphatic heterocycles. The highest BCUT2D eigenvalue weighted by molar-refractivity contribution is 9.10. The van der Waals surface area contributed by atoms with Gasteiger partial charge in [-0.25, -0.2) is 0 Å². The number of carbonyl (C=O) groups excluding carboxylic acids is 2. The van der Waals surface area contributed by atoms with Crippen molar-refractivity contribution in [1.29, 1.82) is 0 Å². The van der Waals surface area contributed by atoms with Gasteiger partial charge >= 0.3 is 0 Å². The summed E-state index contributed by atoms with van der Waals surface area (Å²) in [5.41, 5.74) is 1.61. The summed E-state index contributed by atoms with van der Waals surface area (Å²) in [6.07, 6.45) is 1.68. The van der Waals surface area contributed by atoms with Crippen molar-refractivity contribution < 1.29 is 19.1 Å². The van der Waals surface area contributed by atoms with E-state index >= 15 is 0 Å². The molecule has 0 bridgehead atoms. The van der Waals surface area contributed by atoms with Crippen molar-refractivity contribution in [3.63, 3.8) is 0 Å². The third kappa shape index (κ3) is 6.56. The molecule has 0 fully saturated rings. The lowest BCUT2D eigenvalue weighted by atomic mass is 10.1. The molecule has 0 radical (unpaired) electrons. The summed E-state index contributed by atoms with van der Waals surface area (Å²) >= 11 is 3.41. The largest absolute Gasteiger partial charge is 0.493 e. The van der Waals surface area contributed by atoms with E-state index in [1.54, 1.807) is 18.2 Å². The summed E-state index contributed by atoms with van der Waals surface area (Å²) < 4.78 is 11.4. The number of aryl methyl sites for hydroxylation is 1. The normalized spacial score (nSPS) is 11.4. The van der Waals surface area contributed by atoms with E-state index in [4.69, 9.17) is 9.47 Å². The monoisotopic (exact) mass is 448 g/mol. The van der Waals surface area contributed by atoms with Crippen molar-refractivity contribution in [3.05, 3.63) is 58.1 Å². The molecule has 2 N–H and O–H groups in total. The van der Waals surface area contributed by atoms with Crippen LogP contribution in [0.25, 0.3) is 0 Å². The minimum atomic E-state index is -0.349. The van der Waals surface area contributed by atoms with Gasteiger partial charge in [0.05, 0.1) is 20.8 Å². The highest BCUT2D eigenvalue weighted by Gasteiger charge is 2.13. The number of carbonyl (C=O) groups is 2. The molecule has 6 nitrogen and oxygen atoms in total. The number of hydrogen-bond acceptors (Lipinski definition) is 4. The number of amides is 2. The van der Waals surface area contributed by atoms with Crippen LogP contribution in [0.3, 0.4) is 0 Å². The lowest BCUT2D eigenvalue weighted by Crippen LogP contribution is -2.41. The maximum Gasteiger partial charge on any atom is 0.251 e. The van der Waals surface area contributed by atoms with Gasteiger partial charge in [-0.1, -0.05) is 28.1 Å². The lowest BCUT2D eigenvalue weighted by Gasteiger charge is -2.14. The van der Waals surface area contributed by atoms with E-state index in [0.29, 0.717) is 17.1 Å². The van der Waals surface area contributed by atoms with Crippen molar-refractivity contribution in [1.82, 2.24) is 10.6 Å². The van der Waals surface area contributed by atoms with Gasteiger partial charge in [0, 0.05) is 16.1 Å². The molecule has 2 aromatic carbocycles. The molecular weight excluding hydrogens is 424 g/mol. The van der Waals surface area contributed by atoms with Gasteiger partial charge in [-0.05, 0) is 55.7 Å². The van der Waals surface area contributed by atoms with Crippen LogP contribution in [-0.4, -0.2) is 38.6 Å². The van der Waals surface area contributed by atoms with Gasteiger partial charge in [0.15, 0.2) is 11.5 Å². The Bertz CT molecular complexity index is 809. The molecule has 0 aliphatic rings. The van der Waals surface area contributed by atoms with E-state index in [1.807, 2.05) is 19.1 Å². The average Bonchev–Trinajstić information content (AvgIpc) is 2.71. The third-order valence-electron chi connectivity index (χ3n) is 4.24. The second kappa shape index (κ2) is 10.7. The maximum absolute atomic E-state index is 12.2. The molecule has 0 saturated heterocycles. The number of methoxy groups -OCH3 is 2. The zero-order valence-electron chi connectivity index (χ0n) is 16.3. The molecule has 2 amide bonds. The van der Waals surface area contributed by atoms with E-state index in [9.17, 15) is 9.59 Å². The van der Waals surface area contributed by atoms with Crippen molar-refractivity contribution in [2.24, 2.45) is 0 Å². The van der Waals surface area contributed by atoms with Crippen molar-refractivity contribution in [2.75, 3.05) is 20.8 Å². The Morgan fingerprint density at radius 3 is 2.36 bits per heavy atom. The van der Waals surface area contributed by atoms with E-state index in [2.05, 4.69) is 38.7 Å². The Balaban J connectivity index is 1.78. The third-order valence-corrected chi connectivity index (χ3v) is 4.77. The first-order valence-corrected chi connectivity index (χ1v) is 9.76. The molecule has 0 aromatic heterocycles. The number of hydrogen-bond donors (Lipinski definition) is 2. The Morgan fingerprint density at radius 2 is 1.71 bits per heavy atom. The van der Waals surface area contributed by atoms with Gasteiger partial charge in [-0.15, -0.1) is 0 Å². The topological polar surface area (TPSA) is 76.7 Å². The van der Waals surface area contributed by atoms with E-state index in [1.165, 1.54) is 19.8 Å². The van der Waals surface area contributed by atoms with Crippen molar-refractivity contribution in [2.45, 2.75) is 25.8 Å². The molecule has 28 heavy (non-hydrogen) atoms. The number of halogens is 1. The van der Waals surface area contributed by atoms with E-state index in [0.717, 1.165) is 17.3 Å². The van der Waals surface area contributed by atoms with E-state index in [-0.39, 0.29) is 24.4 Å². The number of rotatable bonds is 9. The maximum atomic E-state index is 12.2. The minimum Gasteiger partial charge on any atom is -0.493 e. The summed E-state index contributed by atoms with van der Waals surface area (Å²) in [7, 11) is 3.03. The van der Waals surface area contributed by atoms with Gasteiger partial charge in [0.2, 0.25) is 5.91 Å². The minimum absolute atomic E-state index is 0.00845. The SMILES string of the molecule is COc1ccc(C(=O)NCC(=O)NC(C)CCc2ccc(Br)cc2)cc1OC. The van der Waals surface area contributed by atoms with Crippen molar-refractivity contribution >= 4 is 27.7 Å². The molecule has 0 saturated carbocycles. The summed E-state index contributed by atoms with van der Waals surface area (Å²) in [6.45, 7) is 1.86. The second-order valence-corrected chi connectivity index (χ2v) is 7.30. The van der Waals surface area contributed by atoms with Crippen LogP contribution in [-0.2, 0) is 11.2 Å². The fraction of sp³-hybridized carbons (Fsp3) is 0.333. The molecule has 0 spiro atoms. The van der Waals surface area contributed by atoms with Gasteiger partial charge in [-0.3, -0.25) is 9.59 Å². The Morgan fingerprint density at radius 1 is 1.04 bits per heavy atom. The number of benzene rings is 2. The van der Waals surface area contributed by atoms with Crippen LogP contribution in [0.15, 0.2) is 46.9 Å². The van der Waals surface area contributed by atoms with Crippen LogP contribution in [0, 0.1) is 0 Å². The Hall–Kier alpha value is -2.54. The summed E-state index contributed by atoms with van der Waals surface area (Å²) in [4.78, 5) is 24.3. The zero-order chi connectivity index (χ0) is 20.5. The molecule has 1 atom stereocenters. The first-order valence-electron chi connectivity index (χ1n) is 8.97. The van der Waals surface area contributed by atoms with Gasteiger partial charge in [0.1, 0.15) is 0 Å². The Kier molecular flexibility index (Phi) is 8.32. The lowest BCUT2D eigenvalue weighted by molar-refractivity contribution is -0.120. The summed E-state index contributed by atoms with van der Waals surface area (Å²) in [5.74, 6) is 0.424. The molecule has 0 aliphatic carbocycles. The van der Waals surface area contributed by atoms with Gasteiger partial charge in [0.25, 0.3) is 5.91 Å². The second-order valence-electron chi connectivity index (χ2n) is 6.39.